The van der Waals surface area contributed by atoms with Gasteiger partial charge < -0.3 is 9.64 Å². The van der Waals surface area contributed by atoms with E-state index in [0.29, 0.717) is 18.0 Å². The predicted octanol–water partition coefficient (Wildman–Crippen LogP) is 0.337. The van der Waals surface area contributed by atoms with Crippen molar-refractivity contribution in [1.82, 2.24) is 0 Å². The van der Waals surface area contributed by atoms with Gasteiger partial charge in [-0.15, -0.1) is 0 Å². The molecule has 19 heavy (non-hydrogen) atoms. The molecule has 1 aliphatic rings. The largest absolute Gasteiger partial charge is 0.497 e. The first-order valence-electron chi connectivity index (χ1n) is 5.84. The SMILES string of the molecule is COc1cccc(N2CC(CS(N)(=O)=O)CC2=O)c1. The van der Waals surface area contributed by atoms with Crippen LogP contribution >= 0.6 is 0 Å². The Labute approximate surface area is 112 Å². The molecule has 1 unspecified atom stereocenters. The van der Waals surface area contributed by atoms with Gasteiger partial charge in [0.2, 0.25) is 15.9 Å². The molecule has 0 aliphatic carbocycles. The molecule has 1 fully saturated rings. The minimum absolute atomic E-state index is 0.0955. The summed E-state index contributed by atoms with van der Waals surface area (Å²) in [5.41, 5.74) is 0.710. The quantitative estimate of drug-likeness (QED) is 0.863. The number of anilines is 1. The van der Waals surface area contributed by atoms with Crippen LogP contribution in [0.15, 0.2) is 24.3 Å². The number of nitrogens with zero attached hydrogens (tertiary/aromatic N) is 1. The molecule has 1 aliphatic heterocycles. The van der Waals surface area contributed by atoms with Crippen LogP contribution in [0.2, 0.25) is 0 Å². The second kappa shape index (κ2) is 5.18. The number of hydrogen-bond donors (Lipinski definition) is 1. The Hall–Kier alpha value is -1.60. The lowest BCUT2D eigenvalue weighted by Gasteiger charge is -2.17. The van der Waals surface area contributed by atoms with Crippen LogP contribution in [0.1, 0.15) is 6.42 Å². The zero-order valence-corrected chi connectivity index (χ0v) is 11.4. The summed E-state index contributed by atoms with van der Waals surface area (Å²) in [4.78, 5) is 13.5. The minimum Gasteiger partial charge on any atom is -0.497 e. The molecule has 0 spiro atoms. The highest BCUT2D eigenvalue weighted by Gasteiger charge is 2.32. The van der Waals surface area contributed by atoms with Gasteiger partial charge in [0, 0.05) is 30.6 Å². The molecular formula is C12H16N2O4S. The van der Waals surface area contributed by atoms with E-state index in [1.54, 1.807) is 36.3 Å². The van der Waals surface area contributed by atoms with Gasteiger partial charge in [-0.25, -0.2) is 13.6 Å². The number of sulfonamides is 1. The van der Waals surface area contributed by atoms with Crippen molar-refractivity contribution >= 4 is 21.6 Å². The van der Waals surface area contributed by atoms with Crippen molar-refractivity contribution < 1.29 is 17.9 Å². The van der Waals surface area contributed by atoms with Gasteiger partial charge in [0.1, 0.15) is 5.75 Å². The van der Waals surface area contributed by atoms with Gasteiger partial charge in [0.05, 0.1) is 12.9 Å². The van der Waals surface area contributed by atoms with E-state index < -0.39 is 10.0 Å². The molecule has 1 aromatic carbocycles. The van der Waals surface area contributed by atoms with Crippen molar-refractivity contribution in [1.29, 1.82) is 0 Å². The van der Waals surface area contributed by atoms with Crippen LogP contribution in [0.25, 0.3) is 0 Å². The zero-order valence-electron chi connectivity index (χ0n) is 10.6. The molecule has 2 rings (SSSR count). The van der Waals surface area contributed by atoms with E-state index in [1.807, 2.05) is 0 Å². The van der Waals surface area contributed by atoms with Crippen LogP contribution in [0.4, 0.5) is 5.69 Å². The van der Waals surface area contributed by atoms with Crippen molar-refractivity contribution in [3.63, 3.8) is 0 Å². The van der Waals surface area contributed by atoms with Crippen LogP contribution < -0.4 is 14.8 Å². The van der Waals surface area contributed by atoms with Gasteiger partial charge in [0.25, 0.3) is 0 Å². The third-order valence-electron chi connectivity index (χ3n) is 3.04. The van der Waals surface area contributed by atoms with Crippen molar-refractivity contribution in [3.8, 4) is 5.75 Å². The number of rotatable bonds is 4. The Kier molecular flexibility index (Phi) is 3.77. The maximum absolute atomic E-state index is 11.9. The first-order valence-corrected chi connectivity index (χ1v) is 7.55. The number of benzene rings is 1. The zero-order chi connectivity index (χ0) is 14.0. The molecule has 0 radical (unpaired) electrons. The lowest BCUT2D eigenvalue weighted by Crippen LogP contribution is -2.27. The Morgan fingerprint density at radius 2 is 2.21 bits per heavy atom. The molecular weight excluding hydrogens is 268 g/mol. The number of methoxy groups -OCH3 is 1. The predicted molar refractivity (Wildman–Crippen MR) is 71.4 cm³/mol. The summed E-state index contributed by atoms with van der Waals surface area (Å²) in [6.07, 6.45) is 0.202. The molecule has 0 saturated carbocycles. The number of nitrogens with two attached hydrogens (primary N) is 1. The number of carbonyl (C=O) groups excluding carboxylic acids is 1. The number of ether oxygens (including phenoxy) is 1. The van der Waals surface area contributed by atoms with Gasteiger partial charge in [-0.1, -0.05) is 6.07 Å². The van der Waals surface area contributed by atoms with E-state index in [4.69, 9.17) is 9.88 Å². The van der Waals surface area contributed by atoms with Gasteiger partial charge in [-0.05, 0) is 12.1 Å². The molecule has 1 atom stereocenters. The van der Waals surface area contributed by atoms with Crippen LogP contribution in [0, 0.1) is 5.92 Å². The number of amides is 1. The van der Waals surface area contributed by atoms with E-state index in [9.17, 15) is 13.2 Å². The molecule has 0 aromatic heterocycles. The third kappa shape index (κ3) is 3.45. The minimum atomic E-state index is -3.55. The van der Waals surface area contributed by atoms with E-state index in [1.165, 1.54) is 0 Å². The summed E-state index contributed by atoms with van der Waals surface area (Å²) in [6.45, 7) is 0.364. The first kappa shape index (κ1) is 13.8. The number of carbonyl (C=O) groups is 1. The number of hydrogen-bond acceptors (Lipinski definition) is 4. The standard InChI is InChI=1S/C12H16N2O4S/c1-18-11-4-2-3-10(6-11)14-7-9(5-12(14)15)8-19(13,16)17/h2-4,6,9H,5,7-8H2,1H3,(H2,13,16,17). The third-order valence-corrected chi connectivity index (χ3v) is 3.97. The van der Waals surface area contributed by atoms with Gasteiger partial charge in [-0.3, -0.25) is 4.79 Å². The Morgan fingerprint density at radius 1 is 1.47 bits per heavy atom. The summed E-state index contributed by atoms with van der Waals surface area (Å²) in [5.74, 6) is 0.134. The normalized spacial score (nSPS) is 19.8. The molecule has 1 saturated heterocycles. The summed E-state index contributed by atoms with van der Waals surface area (Å²) < 4.78 is 27.2. The molecule has 2 N–H and O–H groups in total. The molecule has 0 bridgehead atoms. The van der Waals surface area contributed by atoms with E-state index in [-0.39, 0.29) is 24.0 Å². The molecule has 1 aromatic rings. The van der Waals surface area contributed by atoms with Crippen LogP contribution in [0.5, 0.6) is 5.75 Å². The van der Waals surface area contributed by atoms with Crippen molar-refractivity contribution in [3.05, 3.63) is 24.3 Å². The highest BCUT2D eigenvalue weighted by atomic mass is 32.2. The molecule has 7 heteroatoms. The molecule has 1 amide bonds. The summed E-state index contributed by atoms with van der Waals surface area (Å²) >= 11 is 0. The highest BCUT2D eigenvalue weighted by molar-refractivity contribution is 7.89. The Morgan fingerprint density at radius 3 is 2.84 bits per heavy atom. The maximum atomic E-state index is 11.9. The maximum Gasteiger partial charge on any atom is 0.227 e. The average Bonchev–Trinajstić information content (AvgIpc) is 2.68. The van der Waals surface area contributed by atoms with Crippen molar-refractivity contribution in [2.75, 3.05) is 24.3 Å². The van der Waals surface area contributed by atoms with Crippen LogP contribution in [0.3, 0.4) is 0 Å². The van der Waals surface area contributed by atoms with Crippen molar-refractivity contribution in [2.24, 2.45) is 11.1 Å². The van der Waals surface area contributed by atoms with Crippen LogP contribution in [-0.4, -0.2) is 33.7 Å². The van der Waals surface area contributed by atoms with E-state index in [0.717, 1.165) is 0 Å². The van der Waals surface area contributed by atoms with E-state index in [2.05, 4.69) is 0 Å². The van der Waals surface area contributed by atoms with Crippen LogP contribution in [-0.2, 0) is 14.8 Å². The molecule has 1 heterocycles. The van der Waals surface area contributed by atoms with E-state index >= 15 is 0 Å². The number of primary sulfonamides is 1. The Bertz CT molecular complexity index is 585. The fourth-order valence-corrected chi connectivity index (χ4v) is 3.13. The smallest absolute Gasteiger partial charge is 0.227 e. The van der Waals surface area contributed by atoms with Crippen molar-refractivity contribution in [2.45, 2.75) is 6.42 Å². The average molecular weight is 284 g/mol. The summed E-state index contributed by atoms with van der Waals surface area (Å²) in [5, 5.41) is 5.01. The lowest BCUT2D eigenvalue weighted by atomic mass is 10.1. The first-order chi connectivity index (χ1) is 8.89. The molecule has 104 valence electrons. The topological polar surface area (TPSA) is 89.7 Å². The van der Waals surface area contributed by atoms with Gasteiger partial charge in [0.15, 0.2) is 0 Å². The second-order valence-electron chi connectivity index (χ2n) is 4.61. The fourth-order valence-electron chi connectivity index (χ4n) is 2.25. The summed E-state index contributed by atoms with van der Waals surface area (Å²) in [7, 11) is -2.00. The van der Waals surface area contributed by atoms with Gasteiger partial charge in [-0.2, -0.15) is 0 Å². The summed E-state index contributed by atoms with van der Waals surface area (Å²) in [6, 6.07) is 7.11. The monoisotopic (exact) mass is 284 g/mol. The molecule has 6 nitrogen and oxygen atoms in total. The van der Waals surface area contributed by atoms with Gasteiger partial charge >= 0.3 is 0 Å². The lowest BCUT2D eigenvalue weighted by molar-refractivity contribution is -0.117. The Balaban J connectivity index is 2.15. The fraction of sp³-hybridized carbons (Fsp3) is 0.417. The highest BCUT2D eigenvalue weighted by Crippen LogP contribution is 2.28. The second-order valence-corrected chi connectivity index (χ2v) is 6.26.